The summed E-state index contributed by atoms with van der Waals surface area (Å²) in [6, 6.07) is 7.42. The summed E-state index contributed by atoms with van der Waals surface area (Å²) >= 11 is 5.74. The van der Waals surface area contributed by atoms with Gasteiger partial charge >= 0.3 is 0 Å². The molecule has 0 aliphatic carbocycles. The highest BCUT2D eigenvalue weighted by atomic mass is 32.2. The van der Waals surface area contributed by atoms with Gasteiger partial charge in [-0.15, -0.1) is 0 Å². The maximum absolute atomic E-state index is 10.7. The van der Waals surface area contributed by atoms with Crippen molar-refractivity contribution in [1.82, 2.24) is 0 Å². The number of carbonyl (C=O) groups is 1. The first-order valence-electron chi connectivity index (χ1n) is 4.53. The van der Waals surface area contributed by atoms with Crippen molar-refractivity contribution >= 4 is 39.9 Å². The van der Waals surface area contributed by atoms with Crippen LogP contribution in [0.15, 0.2) is 29.3 Å². The molecule has 2 nitrogen and oxygen atoms in total. The number of rotatable bonds is 2. The van der Waals surface area contributed by atoms with Crippen LogP contribution < -0.4 is 0 Å². The van der Waals surface area contributed by atoms with Crippen LogP contribution in [0, 0.1) is 11.8 Å². The topological polar surface area (TPSA) is 29.4 Å². The Kier molecular flexibility index (Phi) is 5.52. The lowest BCUT2D eigenvalue weighted by molar-refractivity contribution is -0.109. The van der Waals surface area contributed by atoms with E-state index < -0.39 is 0 Å². The first kappa shape index (κ1) is 12.7. The third kappa shape index (κ3) is 4.41. The molecule has 0 aromatic heterocycles. The number of nitrogens with zero attached hydrogens (tertiary/aromatic N) is 1. The summed E-state index contributed by atoms with van der Waals surface area (Å²) in [4.78, 5) is 14.6. The maximum atomic E-state index is 10.7. The second-order valence-electron chi connectivity index (χ2n) is 2.80. The van der Waals surface area contributed by atoms with Gasteiger partial charge in [-0.2, -0.15) is 4.99 Å². The standard InChI is InChI=1S/C12H9NOS2/c1-10(14)16-8-4-6-11-5-2-3-7-12(11)13-9-15/h2-3,5,7H,8H2,1H3. The number of benzene rings is 1. The van der Waals surface area contributed by atoms with E-state index >= 15 is 0 Å². The summed E-state index contributed by atoms with van der Waals surface area (Å²) in [5.41, 5.74) is 1.50. The smallest absolute Gasteiger partial charge is 0.186 e. The predicted molar refractivity (Wildman–Crippen MR) is 71.1 cm³/mol. The Morgan fingerprint density at radius 3 is 2.94 bits per heavy atom. The number of hydrogen-bond donors (Lipinski definition) is 0. The van der Waals surface area contributed by atoms with E-state index in [-0.39, 0.29) is 5.12 Å². The summed E-state index contributed by atoms with van der Waals surface area (Å²) < 4.78 is 0. The third-order valence-electron chi connectivity index (χ3n) is 1.64. The average Bonchev–Trinajstić information content (AvgIpc) is 2.26. The molecular formula is C12H9NOS2. The molecule has 0 bridgehead atoms. The lowest BCUT2D eigenvalue weighted by Crippen LogP contribution is -1.82. The highest BCUT2D eigenvalue weighted by Gasteiger charge is 1.95. The second kappa shape index (κ2) is 6.97. The zero-order valence-corrected chi connectivity index (χ0v) is 10.3. The number of para-hydroxylation sites is 1. The van der Waals surface area contributed by atoms with Gasteiger partial charge in [-0.25, -0.2) is 0 Å². The zero-order valence-electron chi connectivity index (χ0n) is 8.69. The van der Waals surface area contributed by atoms with E-state index in [1.54, 1.807) is 0 Å². The molecule has 0 radical (unpaired) electrons. The third-order valence-corrected chi connectivity index (χ3v) is 2.43. The Hall–Kier alpha value is -1.40. The summed E-state index contributed by atoms with van der Waals surface area (Å²) in [6.07, 6.45) is 0. The Morgan fingerprint density at radius 1 is 1.50 bits per heavy atom. The lowest BCUT2D eigenvalue weighted by Gasteiger charge is -1.94. The minimum absolute atomic E-state index is 0.0690. The maximum Gasteiger partial charge on any atom is 0.186 e. The number of isothiocyanates is 1. The molecule has 0 aliphatic rings. The van der Waals surface area contributed by atoms with Crippen molar-refractivity contribution in [2.45, 2.75) is 6.92 Å². The van der Waals surface area contributed by atoms with E-state index in [0.29, 0.717) is 11.4 Å². The van der Waals surface area contributed by atoms with Crippen LogP contribution in [0.4, 0.5) is 5.69 Å². The molecule has 1 aromatic carbocycles. The first-order valence-corrected chi connectivity index (χ1v) is 5.92. The SMILES string of the molecule is CC(=O)SCC#Cc1ccccc1N=C=S. The van der Waals surface area contributed by atoms with E-state index in [2.05, 4.69) is 34.2 Å². The summed E-state index contributed by atoms with van der Waals surface area (Å²) in [5.74, 6) is 6.34. The average molecular weight is 247 g/mol. The lowest BCUT2D eigenvalue weighted by atomic mass is 10.2. The quantitative estimate of drug-likeness (QED) is 0.457. The van der Waals surface area contributed by atoms with Crippen LogP contribution in [0.3, 0.4) is 0 Å². The van der Waals surface area contributed by atoms with Gasteiger partial charge in [-0.05, 0) is 24.4 Å². The molecular weight excluding hydrogens is 238 g/mol. The van der Waals surface area contributed by atoms with Gasteiger partial charge in [-0.3, -0.25) is 4.79 Å². The van der Waals surface area contributed by atoms with Gasteiger partial charge in [-0.1, -0.05) is 35.7 Å². The predicted octanol–water partition coefficient (Wildman–Crippen LogP) is 3.05. The van der Waals surface area contributed by atoms with E-state index in [9.17, 15) is 4.79 Å². The van der Waals surface area contributed by atoms with E-state index in [0.717, 1.165) is 5.56 Å². The van der Waals surface area contributed by atoms with Crippen molar-refractivity contribution in [3.05, 3.63) is 29.8 Å². The van der Waals surface area contributed by atoms with Crippen LogP contribution in [0.5, 0.6) is 0 Å². The van der Waals surface area contributed by atoms with Gasteiger partial charge in [0.1, 0.15) is 0 Å². The number of thiocarbonyl (C=S) groups is 1. The minimum Gasteiger partial charge on any atom is -0.288 e. The van der Waals surface area contributed by atoms with Crippen molar-refractivity contribution < 1.29 is 4.79 Å². The van der Waals surface area contributed by atoms with Crippen molar-refractivity contribution in [2.75, 3.05) is 5.75 Å². The van der Waals surface area contributed by atoms with Crippen molar-refractivity contribution in [2.24, 2.45) is 4.99 Å². The zero-order chi connectivity index (χ0) is 11.8. The summed E-state index contributed by atoms with van der Waals surface area (Å²) in [7, 11) is 0. The Balaban J connectivity index is 2.79. The molecule has 0 heterocycles. The molecule has 0 unspecified atom stereocenters. The molecule has 0 fully saturated rings. The fourth-order valence-corrected chi connectivity index (χ4v) is 1.44. The Morgan fingerprint density at radius 2 is 2.25 bits per heavy atom. The number of carbonyl (C=O) groups excluding carboxylic acids is 1. The Bertz CT molecular complexity index is 493. The Labute approximate surface area is 104 Å². The van der Waals surface area contributed by atoms with Crippen LogP contribution in [-0.2, 0) is 4.79 Å². The summed E-state index contributed by atoms with van der Waals surface area (Å²) in [5, 5.41) is 2.38. The van der Waals surface area contributed by atoms with Crippen LogP contribution in [0.1, 0.15) is 12.5 Å². The van der Waals surface area contributed by atoms with Crippen molar-refractivity contribution in [3.63, 3.8) is 0 Å². The molecule has 0 atom stereocenters. The molecule has 80 valence electrons. The summed E-state index contributed by atoms with van der Waals surface area (Å²) in [6.45, 7) is 1.52. The monoisotopic (exact) mass is 247 g/mol. The molecule has 4 heteroatoms. The van der Waals surface area contributed by atoms with Crippen LogP contribution in [0.2, 0.25) is 0 Å². The van der Waals surface area contributed by atoms with Gasteiger partial charge in [0.25, 0.3) is 0 Å². The number of aliphatic imine (C=N–C) groups is 1. The highest BCUT2D eigenvalue weighted by molar-refractivity contribution is 8.13. The van der Waals surface area contributed by atoms with E-state index in [4.69, 9.17) is 0 Å². The van der Waals surface area contributed by atoms with E-state index in [1.165, 1.54) is 18.7 Å². The second-order valence-corrected chi connectivity index (χ2v) is 4.14. The highest BCUT2D eigenvalue weighted by Crippen LogP contribution is 2.16. The molecule has 0 saturated heterocycles. The molecule has 16 heavy (non-hydrogen) atoms. The van der Waals surface area contributed by atoms with E-state index in [1.807, 2.05) is 24.3 Å². The van der Waals surface area contributed by atoms with Crippen LogP contribution in [0.25, 0.3) is 0 Å². The molecule has 0 N–H and O–H groups in total. The fourth-order valence-electron chi connectivity index (χ4n) is 0.995. The van der Waals surface area contributed by atoms with Crippen molar-refractivity contribution in [1.29, 1.82) is 0 Å². The van der Waals surface area contributed by atoms with Gasteiger partial charge < -0.3 is 0 Å². The molecule has 1 rings (SSSR count). The van der Waals surface area contributed by atoms with Gasteiger partial charge in [0.15, 0.2) is 5.12 Å². The number of hydrogen-bond acceptors (Lipinski definition) is 4. The fraction of sp³-hybridized carbons (Fsp3) is 0.167. The first-order chi connectivity index (χ1) is 7.74. The van der Waals surface area contributed by atoms with Gasteiger partial charge in [0.2, 0.25) is 0 Å². The number of thioether (sulfide) groups is 1. The largest absolute Gasteiger partial charge is 0.288 e. The molecule has 0 saturated carbocycles. The van der Waals surface area contributed by atoms with Gasteiger partial charge in [0, 0.05) is 6.92 Å². The normalized spacial score (nSPS) is 8.56. The molecule has 0 spiro atoms. The van der Waals surface area contributed by atoms with Crippen molar-refractivity contribution in [3.8, 4) is 11.8 Å². The minimum atomic E-state index is 0.0690. The van der Waals surface area contributed by atoms with Crippen LogP contribution in [-0.4, -0.2) is 16.0 Å². The van der Waals surface area contributed by atoms with Gasteiger partial charge in [0.05, 0.1) is 22.2 Å². The molecule has 1 aromatic rings. The van der Waals surface area contributed by atoms with Crippen LogP contribution >= 0.6 is 24.0 Å². The molecule has 0 amide bonds. The molecule has 0 aliphatic heterocycles.